The summed E-state index contributed by atoms with van der Waals surface area (Å²) in [4.78, 5) is 10.4. The van der Waals surface area contributed by atoms with Gasteiger partial charge in [0.2, 0.25) is 0 Å². The molecule has 0 saturated heterocycles. The molecular weight excluding hydrogens is 310 g/mol. The van der Waals surface area contributed by atoms with Gasteiger partial charge in [-0.2, -0.15) is 0 Å². The summed E-state index contributed by atoms with van der Waals surface area (Å²) in [5, 5.41) is 37.5. The number of aliphatic hydroxyl groups is 1. The lowest BCUT2D eigenvalue weighted by Crippen LogP contribution is -1.89. The fourth-order valence-electron chi connectivity index (χ4n) is 1.77. The highest BCUT2D eigenvalue weighted by Crippen LogP contribution is 2.34. The largest absolute Gasteiger partial charge is 0.506 e. The lowest BCUT2D eigenvalue weighted by atomic mass is 10.1. The minimum Gasteiger partial charge on any atom is -0.506 e. The van der Waals surface area contributed by atoms with E-state index in [0.29, 0.717) is 6.42 Å². The number of rotatable bonds is 5. The predicted octanol–water partition coefficient (Wildman–Crippen LogP) is 3.90. The van der Waals surface area contributed by atoms with E-state index in [1.807, 2.05) is 0 Å². The summed E-state index contributed by atoms with van der Waals surface area (Å²) in [6.45, 7) is -0.0377. The van der Waals surface area contributed by atoms with Gasteiger partial charge in [-0.05, 0) is 36.2 Å². The second kappa shape index (κ2) is 6.97. The second-order valence-electron chi connectivity index (χ2n) is 4.39. The van der Waals surface area contributed by atoms with Crippen LogP contribution in [0.15, 0.2) is 46.6 Å². The van der Waals surface area contributed by atoms with Crippen molar-refractivity contribution in [2.75, 3.05) is 6.61 Å². The number of halogens is 1. The van der Waals surface area contributed by atoms with Crippen LogP contribution in [0.25, 0.3) is 0 Å². The first kappa shape index (κ1) is 15.9. The molecule has 2 N–H and O–H groups in total. The Morgan fingerprint density at radius 1 is 1.14 bits per heavy atom. The van der Waals surface area contributed by atoms with E-state index in [-0.39, 0.29) is 34.4 Å². The average Bonchev–Trinajstić information content (AvgIpc) is 2.48. The summed E-state index contributed by atoms with van der Waals surface area (Å²) < 4.78 is 0. The van der Waals surface area contributed by atoms with Crippen LogP contribution in [0.4, 0.5) is 17.1 Å². The lowest BCUT2D eigenvalue weighted by molar-refractivity contribution is -0.384. The number of aromatic hydroxyl groups is 1. The van der Waals surface area contributed by atoms with Crippen LogP contribution in [0, 0.1) is 10.1 Å². The van der Waals surface area contributed by atoms with E-state index < -0.39 is 4.92 Å². The third-order valence-electron chi connectivity index (χ3n) is 2.84. The molecule has 22 heavy (non-hydrogen) atoms. The van der Waals surface area contributed by atoms with Crippen molar-refractivity contribution in [3.8, 4) is 5.75 Å². The molecule has 0 aromatic heterocycles. The van der Waals surface area contributed by atoms with Gasteiger partial charge in [-0.3, -0.25) is 10.1 Å². The molecule has 0 aliphatic carbocycles. The number of hydrogen-bond donors (Lipinski definition) is 2. The van der Waals surface area contributed by atoms with Crippen molar-refractivity contribution in [3.05, 3.63) is 57.1 Å². The molecule has 2 aromatic rings. The van der Waals surface area contributed by atoms with Crippen LogP contribution in [-0.2, 0) is 6.42 Å². The van der Waals surface area contributed by atoms with Crippen molar-refractivity contribution < 1.29 is 15.1 Å². The van der Waals surface area contributed by atoms with E-state index in [0.717, 1.165) is 5.56 Å². The van der Waals surface area contributed by atoms with Gasteiger partial charge >= 0.3 is 0 Å². The van der Waals surface area contributed by atoms with Crippen LogP contribution in [0.1, 0.15) is 5.56 Å². The molecule has 0 aliphatic rings. The number of aliphatic hydroxyl groups excluding tert-OH is 1. The molecule has 0 radical (unpaired) electrons. The Balaban J connectivity index is 2.36. The minimum absolute atomic E-state index is 0.0290. The zero-order valence-electron chi connectivity index (χ0n) is 11.3. The van der Waals surface area contributed by atoms with Gasteiger partial charge in [0, 0.05) is 17.7 Å². The normalized spacial score (nSPS) is 11.0. The number of phenolic OH excluding ortho intramolecular Hbond substituents is 1. The van der Waals surface area contributed by atoms with Crippen LogP contribution < -0.4 is 0 Å². The summed E-state index contributed by atoms with van der Waals surface area (Å²) >= 11 is 5.72. The van der Waals surface area contributed by atoms with Gasteiger partial charge in [0.05, 0.1) is 4.92 Å². The third-order valence-corrected chi connectivity index (χ3v) is 3.08. The third kappa shape index (κ3) is 3.78. The van der Waals surface area contributed by atoms with Crippen LogP contribution in [0.5, 0.6) is 5.75 Å². The Morgan fingerprint density at radius 3 is 2.55 bits per heavy atom. The standard InChI is InChI=1S/C14H12ClN3O4/c15-10-2-3-11(13(8-10)18(21)22)16-17-12-7-9(5-6-19)1-4-14(12)20/h1-4,7-8,19-20H,5-6H2. The topological polar surface area (TPSA) is 108 Å². The number of hydrogen-bond acceptors (Lipinski definition) is 6. The van der Waals surface area contributed by atoms with Crippen molar-refractivity contribution in [2.24, 2.45) is 10.2 Å². The number of nitro groups is 1. The molecular formula is C14H12ClN3O4. The highest BCUT2D eigenvalue weighted by molar-refractivity contribution is 6.30. The molecule has 2 rings (SSSR count). The van der Waals surface area contributed by atoms with E-state index in [4.69, 9.17) is 16.7 Å². The molecule has 2 aromatic carbocycles. The number of azo groups is 1. The Bertz CT molecular complexity index is 734. The maximum Gasteiger partial charge on any atom is 0.298 e. The van der Waals surface area contributed by atoms with E-state index in [1.165, 1.54) is 24.3 Å². The van der Waals surface area contributed by atoms with Crippen LogP contribution in [0.2, 0.25) is 5.02 Å². The molecule has 0 amide bonds. The fourth-order valence-corrected chi connectivity index (χ4v) is 1.94. The first-order chi connectivity index (χ1) is 10.5. The Hall–Kier alpha value is -2.51. The molecule has 0 spiro atoms. The number of nitro benzene ring substituents is 1. The zero-order valence-corrected chi connectivity index (χ0v) is 12.1. The SMILES string of the molecule is O=[N+]([O-])c1cc(Cl)ccc1N=Nc1cc(CCO)ccc1O. The predicted molar refractivity (Wildman–Crippen MR) is 81.2 cm³/mol. The number of benzene rings is 2. The highest BCUT2D eigenvalue weighted by atomic mass is 35.5. The first-order valence-corrected chi connectivity index (χ1v) is 6.67. The summed E-state index contributed by atoms with van der Waals surface area (Å²) in [6, 6.07) is 8.64. The van der Waals surface area contributed by atoms with Gasteiger partial charge in [0.1, 0.15) is 11.4 Å². The van der Waals surface area contributed by atoms with E-state index in [2.05, 4.69) is 10.2 Å². The molecule has 0 saturated carbocycles. The lowest BCUT2D eigenvalue weighted by Gasteiger charge is -2.02. The van der Waals surface area contributed by atoms with Gasteiger partial charge in [-0.1, -0.05) is 17.7 Å². The molecule has 0 aliphatic heterocycles. The van der Waals surface area contributed by atoms with E-state index >= 15 is 0 Å². The molecule has 0 unspecified atom stereocenters. The van der Waals surface area contributed by atoms with Gasteiger partial charge < -0.3 is 10.2 Å². The van der Waals surface area contributed by atoms with Crippen LogP contribution in [-0.4, -0.2) is 21.7 Å². The van der Waals surface area contributed by atoms with Crippen molar-refractivity contribution in [1.29, 1.82) is 0 Å². The van der Waals surface area contributed by atoms with Crippen molar-refractivity contribution in [3.63, 3.8) is 0 Å². The Morgan fingerprint density at radius 2 is 1.86 bits per heavy atom. The molecule has 0 atom stereocenters. The fraction of sp³-hybridized carbons (Fsp3) is 0.143. The summed E-state index contributed by atoms with van der Waals surface area (Å²) in [6.07, 6.45) is 0.407. The van der Waals surface area contributed by atoms with Gasteiger partial charge in [-0.25, -0.2) is 0 Å². The Kier molecular flexibility index (Phi) is 5.03. The molecule has 0 bridgehead atoms. The Labute approximate surface area is 130 Å². The van der Waals surface area contributed by atoms with E-state index in [1.54, 1.807) is 12.1 Å². The highest BCUT2D eigenvalue weighted by Gasteiger charge is 2.14. The average molecular weight is 322 g/mol. The van der Waals surface area contributed by atoms with Crippen molar-refractivity contribution in [1.82, 2.24) is 0 Å². The van der Waals surface area contributed by atoms with Gasteiger partial charge in [-0.15, -0.1) is 10.2 Å². The zero-order chi connectivity index (χ0) is 16.1. The van der Waals surface area contributed by atoms with Crippen molar-refractivity contribution >= 4 is 28.7 Å². The monoisotopic (exact) mass is 321 g/mol. The molecule has 0 fully saturated rings. The van der Waals surface area contributed by atoms with Crippen molar-refractivity contribution in [2.45, 2.75) is 6.42 Å². The molecule has 8 heteroatoms. The first-order valence-electron chi connectivity index (χ1n) is 6.29. The maximum absolute atomic E-state index is 11.0. The summed E-state index contributed by atoms with van der Waals surface area (Å²) in [5.41, 5.74) is 0.679. The number of nitrogens with zero attached hydrogens (tertiary/aromatic N) is 3. The summed E-state index contributed by atoms with van der Waals surface area (Å²) in [7, 11) is 0. The van der Waals surface area contributed by atoms with Crippen LogP contribution in [0.3, 0.4) is 0 Å². The maximum atomic E-state index is 11.0. The molecule has 0 heterocycles. The quantitative estimate of drug-likeness (QED) is 0.494. The van der Waals surface area contributed by atoms with Gasteiger partial charge in [0.15, 0.2) is 5.69 Å². The van der Waals surface area contributed by atoms with Crippen LogP contribution >= 0.6 is 11.6 Å². The van der Waals surface area contributed by atoms with Gasteiger partial charge in [0.25, 0.3) is 5.69 Å². The molecule has 7 nitrogen and oxygen atoms in total. The molecule has 114 valence electrons. The summed E-state index contributed by atoms with van der Waals surface area (Å²) in [5.74, 6) is -0.109. The second-order valence-corrected chi connectivity index (χ2v) is 4.82. The minimum atomic E-state index is -0.609. The smallest absolute Gasteiger partial charge is 0.298 e. The number of phenols is 1. The van der Waals surface area contributed by atoms with E-state index in [9.17, 15) is 15.2 Å².